The standard InChI is InChI=1S/C16H14F3NO2S/c1-12-7-9-14(10-8-12)23(21,22)20-11-15(20,16(17,18)19)13-5-3-2-4-6-13/h2-10H,11H2,1H3/t15-,20?/m1/s1. The first-order chi connectivity index (χ1) is 10.7. The monoisotopic (exact) mass is 341 g/mol. The molecule has 3 nitrogen and oxygen atoms in total. The van der Waals surface area contributed by atoms with E-state index in [4.69, 9.17) is 0 Å². The maximum Gasteiger partial charge on any atom is 0.413 e. The number of alkyl halides is 3. The van der Waals surface area contributed by atoms with Gasteiger partial charge in [-0.1, -0.05) is 48.0 Å². The van der Waals surface area contributed by atoms with Crippen molar-refractivity contribution in [1.82, 2.24) is 4.31 Å². The minimum absolute atomic E-state index is 0.0665. The van der Waals surface area contributed by atoms with Crippen LogP contribution in [0.3, 0.4) is 0 Å². The highest BCUT2D eigenvalue weighted by atomic mass is 32.2. The van der Waals surface area contributed by atoms with Crippen LogP contribution in [0.2, 0.25) is 0 Å². The molecule has 0 spiro atoms. The van der Waals surface area contributed by atoms with Crippen molar-refractivity contribution < 1.29 is 21.6 Å². The van der Waals surface area contributed by atoms with Crippen LogP contribution in [0, 0.1) is 6.92 Å². The van der Waals surface area contributed by atoms with Gasteiger partial charge in [0.25, 0.3) is 0 Å². The number of benzene rings is 2. The van der Waals surface area contributed by atoms with Crippen LogP contribution in [0.25, 0.3) is 0 Å². The number of aryl methyl sites for hydroxylation is 1. The second-order valence-electron chi connectivity index (χ2n) is 5.55. The molecular weight excluding hydrogens is 327 g/mol. The summed E-state index contributed by atoms with van der Waals surface area (Å²) in [4.78, 5) is -0.134. The summed E-state index contributed by atoms with van der Waals surface area (Å²) in [6.45, 7) is 1.18. The molecule has 1 aliphatic heterocycles. The molecule has 2 atom stereocenters. The molecule has 1 saturated heterocycles. The van der Waals surface area contributed by atoms with Crippen molar-refractivity contribution in [3.63, 3.8) is 0 Å². The Morgan fingerprint density at radius 1 is 1.00 bits per heavy atom. The molecule has 7 heteroatoms. The summed E-state index contributed by atoms with van der Waals surface area (Å²) < 4.78 is 66.6. The average Bonchev–Trinajstić information content (AvgIpc) is 3.26. The van der Waals surface area contributed by atoms with Gasteiger partial charge in [-0.05, 0) is 24.6 Å². The van der Waals surface area contributed by atoms with Gasteiger partial charge in [-0.25, -0.2) is 8.42 Å². The van der Waals surface area contributed by atoms with E-state index in [9.17, 15) is 21.6 Å². The fourth-order valence-corrected chi connectivity index (χ4v) is 4.35. The first-order valence-corrected chi connectivity index (χ1v) is 8.35. The van der Waals surface area contributed by atoms with Crippen molar-refractivity contribution in [2.45, 2.75) is 23.5 Å². The first kappa shape index (κ1) is 16.0. The Balaban J connectivity index is 2.06. The van der Waals surface area contributed by atoms with E-state index in [1.165, 1.54) is 36.4 Å². The predicted molar refractivity (Wildman–Crippen MR) is 79.2 cm³/mol. The summed E-state index contributed by atoms with van der Waals surface area (Å²) in [7, 11) is -4.21. The second-order valence-corrected chi connectivity index (χ2v) is 7.41. The molecule has 1 aliphatic rings. The van der Waals surface area contributed by atoms with Crippen LogP contribution in [0.4, 0.5) is 13.2 Å². The molecular formula is C16H14F3NO2S. The van der Waals surface area contributed by atoms with Crippen molar-refractivity contribution >= 4 is 10.0 Å². The van der Waals surface area contributed by atoms with Crippen LogP contribution in [-0.2, 0) is 15.6 Å². The van der Waals surface area contributed by atoms with Gasteiger partial charge in [-0.2, -0.15) is 17.5 Å². The second kappa shape index (κ2) is 5.07. The lowest BCUT2D eigenvalue weighted by molar-refractivity contribution is -0.168. The van der Waals surface area contributed by atoms with E-state index in [0.717, 1.165) is 5.56 Å². The Hall–Kier alpha value is -1.86. The summed E-state index contributed by atoms with van der Waals surface area (Å²) in [6.07, 6.45) is -4.69. The largest absolute Gasteiger partial charge is 0.413 e. The first-order valence-electron chi connectivity index (χ1n) is 6.91. The number of halogens is 3. The van der Waals surface area contributed by atoms with Crippen molar-refractivity contribution in [2.75, 3.05) is 6.54 Å². The third-order valence-electron chi connectivity index (χ3n) is 4.02. The van der Waals surface area contributed by atoms with Crippen molar-refractivity contribution in [2.24, 2.45) is 0 Å². The summed E-state index contributed by atoms with van der Waals surface area (Å²) in [5.41, 5.74) is -1.71. The Kier molecular flexibility index (Phi) is 3.53. The molecule has 0 aliphatic carbocycles. The van der Waals surface area contributed by atoms with Gasteiger partial charge >= 0.3 is 6.18 Å². The zero-order chi connectivity index (χ0) is 16.9. The summed E-state index contributed by atoms with van der Waals surface area (Å²) in [6, 6.07) is 12.9. The molecule has 23 heavy (non-hydrogen) atoms. The molecule has 0 radical (unpaired) electrons. The highest BCUT2D eigenvalue weighted by molar-refractivity contribution is 7.89. The normalized spacial score (nSPS) is 24.4. The Morgan fingerprint density at radius 2 is 1.57 bits per heavy atom. The van der Waals surface area contributed by atoms with Gasteiger partial charge in [0, 0.05) is 6.54 Å². The molecule has 2 aromatic rings. The van der Waals surface area contributed by atoms with Gasteiger partial charge in [0.1, 0.15) is 0 Å². The average molecular weight is 341 g/mol. The molecule has 0 aromatic heterocycles. The maximum absolute atomic E-state index is 13.6. The SMILES string of the molecule is Cc1ccc(S(=O)(=O)N2C[C@@]2(c2ccccc2)C(F)(F)F)cc1. The van der Waals surface area contributed by atoms with Gasteiger partial charge in [0.05, 0.1) is 4.90 Å². The van der Waals surface area contributed by atoms with Crippen molar-refractivity contribution in [1.29, 1.82) is 0 Å². The molecule has 122 valence electrons. The van der Waals surface area contributed by atoms with Gasteiger partial charge in [0.2, 0.25) is 10.0 Å². The topological polar surface area (TPSA) is 37.1 Å². The quantitative estimate of drug-likeness (QED) is 0.802. The van der Waals surface area contributed by atoms with E-state index in [1.54, 1.807) is 25.1 Å². The maximum atomic E-state index is 13.6. The van der Waals surface area contributed by atoms with Gasteiger partial charge in [-0.15, -0.1) is 0 Å². The van der Waals surface area contributed by atoms with Crippen molar-refractivity contribution in [3.8, 4) is 0 Å². The minimum Gasteiger partial charge on any atom is -0.207 e. The summed E-state index contributed by atoms with van der Waals surface area (Å²) >= 11 is 0. The number of nitrogens with zero attached hydrogens (tertiary/aromatic N) is 1. The molecule has 0 saturated carbocycles. The molecule has 1 unspecified atom stereocenters. The fraction of sp³-hybridized carbons (Fsp3) is 0.250. The molecule has 1 heterocycles. The van der Waals surface area contributed by atoms with Crippen LogP contribution in [0.1, 0.15) is 11.1 Å². The van der Waals surface area contributed by atoms with E-state index < -0.39 is 28.3 Å². The van der Waals surface area contributed by atoms with Gasteiger partial charge < -0.3 is 0 Å². The van der Waals surface area contributed by atoms with E-state index in [2.05, 4.69) is 0 Å². The number of sulfonamides is 1. The number of hydrogen-bond acceptors (Lipinski definition) is 2. The highest BCUT2D eigenvalue weighted by Gasteiger charge is 2.74. The van der Waals surface area contributed by atoms with E-state index in [1.807, 2.05) is 0 Å². The fourth-order valence-electron chi connectivity index (χ4n) is 2.64. The third kappa shape index (κ3) is 2.44. The molecule has 3 rings (SSSR count). The lowest BCUT2D eigenvalue weighted by atomic mass is 9.99. The molecule has 2 aromatic carbocycles. The minimum atomic E-state index is -4.69. The Labute approximate surface area is 132 Å². The number of rotatable bonds is 3. The predicted octanol–water partition coefficient (Wildman–Crippen LogP) is 3.46. The molecule has 0 amide bonds. The zero-order valence-corrected chi connectivity index (χ0v) is 13.0. The molecule has 1 fully saturated rings. The molecule has 0 N–H and O–H groups in total. The lowest BCUT2D eigenvalue weighted by Gasteiger charge is -2.21. The summed E-state index contributed by atoms with van der Waals surface area (Å²) in [5, 5.41) is 0. The third-order valence-corrected chi connectivity index (χ3v) is 5.91. The van der Waals surface area contributed by atoms with Crippen LogP contribution < -0.4 is 0 Å². The molecule has 0 bridgehead atoms. The Bertz CT molecular complexity index is 817. The van der Waals surface area contributed by atoms with E-state index in [-0.39, 0.29) is 10.5 Å². The van der Waals surface area contributed by atoms with E-state index in [0.29, 0.717) is 4.31 Å². The van der Waals surface area contributed by atoms with E-state index >= 15 is 0 Å². The lowest BCUT2D eigenvalue weighted by Crippen LogP contribution is -2.36. The summed E-state index contributed by atoms with van der Waals surface area (Å²) in [5.74, 6) is 0. The van der Waals surface area contributed by atoms with Crippen LogP contribution in [-0.4, -0.2) is 25.4 Å². The smallest absolute Gasteiger partial charge is 0.207 e. The Morgan fingerprint density at radius 3 is 2.09 bits per heavy atom. The zero-order valence-electron chi connectivity index (χ0n) is 12.2. The van der Waals surface area contributed by atoms with Crippen LogP contribution >= 0.6 is 0 Å². The number of hydrogen-bond donors (Lipinski definition) is 0. The highest BCUT2D eigenvalue weighted by Crippen LogP contribution is 2.56. The van der Waals surface area contributed by atoms with Gasteiger partial charge in [-0.3, -0.25) is 0 Å². The van der Waals surface area contributed by atoms with Gasteiger partial charge in [0.15, 0.2) is 5.54 Å². The van der Waals surface area contributed by atoms with Crippen LogP contribution in [0.15, 0.2) is 59.5 Å². The van der Waals surface area contributed by atoms with Crippen molar-refractivity contribution in [3.05, 3.63) is 65.7 Å². The van der Waals surface area contributed by atoms with Crippen LogP contribution in [0.5, 0.6) is 0 Å².